The Hall–Kier alpha value is -2.31. The predicted molar refractivity (Wildman–Crippen MR) is 76.6 cm³/mol. The van der Waals surface area contributed by atoms with E-state index >= 15 is 0 Å². The summed E-state index contributed by atoms with van der Waals surface area (Å²) in [4.78, 5) is 28.4. The quantitative estimate of drug-likeness (QED) is 0.832. The molecule has 0 aliphatic heterocycles. The molecule has 0 aliphatic rings. The molecule has 0 saturated heterocycles. The SMILES string of the molecule is CCCn1cc(N)c(=O)n(CCc2nccn2C)c1=O. The number of nitrogens with zero attached hydrogens (tertiary/aromatic N) is 4. The Balaban J connectivity index is 2.33. The van der Waals surface area contributed by atoms with E-state index in [1.54, 1.807) is 6.20 Å². The molecular formula is C13H19N5O2. The zero-order valence-electron chi connectivity index (χ0n) is 11.7. The molecule has 108 valence electrons. The number of hydrogen-bond donors (Lipinski definition) is 1. The van der Waals surface area contributed by atoms with Crippen LogP contribution in [0.3, 0.4) is 0 Å². The van der Waals surface area contributed by atoms with Gasteiger partial charge in [0.25, 0.3) is 5.56 Å². The fourth-order valence-corrected chi connectivity index (χ4v) is 2.12. The van der Waals surface area contributed by atoms with Crippen LogP contribution >= 0.6 is 0 Å². The third-order valence-corrected chi connectivity index (χ3v) is 3.21. The van der Waals surface area contributed by atoms with Gasteiger partial charge in [-0.1, -0.05) is 6.92 Å². The maximum atomic E-state index is 12.2. The van der Waals surface area contributed by atoms with Crippen molar-refractivity contribution in [1.82, 2.24) is 18.7 Å². The highest BCUT2D eigenvalue weighted by Crippen LogP contribution is 1.98. The maximum absolute atomic E-state index is 12.2. The van der Waals surface area contributed by atoms with Crippen molar-refractivity contribution in [2.45, 2.75) is 32.9 Å². The van der Waals surface area contributed by atoms with Crippen molar-refractivity contribution in [1.29, 1.82) is 0 Å². The summed E-state index contributed by atoms with van der Waals surface area (Å²) in [6, 6.07) is 0. The maximum Gasteiger partial charge on any atom is 0.331 e. The van der Waals surface area contributed by atoms with Gasteiger partial charge in [-0.3, -0.25) is 13.9 Å². The van der Waals surface area contributed by atoms with Crippen LogP contribution in [0, 0.1) is 0 Å². The summed E-state index contributed by atoms with van der Waals surface area (Å²) in [6.07, 6.45) is 6.25. The summed E-state index contributed by atoms with van der Waals surface area (Å²) >= 11 is 0. The first-order chi connectivity index (χ1) is 9.54. The molecule has 20 heavy (non-hydrogen) atoms. The number of anilines is 1. The van der Waals surface area contributed by atoms with Crippen molar-refractivity contribution in [2.75, 3.05) is 5.73 Å². The second-order valence-corrected chi connectivity index (χ2v) is 4.72. The molecule has 2 N–H and O–H groups in total. The minimum atomic E-state index is -0.434. The average Bonchev–Trinajstić information content (AvgIpc) is 2.82. The molecule has 2 aromatic heterocycles. The molecule has 0 aliphatic carbocycles. The molecule has 0 aromatic carbocycles. The number of nitrogen functional groups attached to an aromatic ring is 1. The van der Waals surface area contributed by atoms with Gasteiger partial charge < -0.3 is 10.3 Å². The van der Waals surface area contributed by atoms with Gasteiger partial charge in [-0.15, -0.1) is 0 Å². The van der Waals surface area contributed by atoms with Crippen LogP contribution in [-0.4, -0.2) is 18.7 Å². The third kappa shape index (κ3) is 2.66. The molecule has 2 rings (SSSR count). The van der Waals surface area contributed by atoms with Crippen LogP contribution in [0.5, 0.6) is 0 Å². The van der Waals surface area contributed by atoms with E-state index in [1.807, 2.05) is 24.7 Å². The van der Waals surface area contributed by atoms with E-state index < -0.39 is 5.56 Å². The molecule has 2 heterocycles. The lowest BCUT2D eigenvalue weighted by Gasteiger charge is -2.10. The zero-order valence-corrected chi connectivity index (χ0v) is 11.7. The summed E-state index contributed by atoms with van der Waals surface area (Å²) < 4.78 is 4.52. The highest BCUT2D eigenvalue weighted by molar-refractivity contribution is 5.31. The van der Waals surface area contributed by atoms with E-state index in [9.17, 15) is 9.59 Å². The first-order valence-electron chi connectivity index (χ1n) is 6.60. The Bertz CT molecular complexity index is 710. The van der Waals surface area contributed by atoms with Crippen molar-refractivity contribution in [3.05, 3.63) is 45.3 Å². The van der Waals surface area contributed by atoms with E-state index in [0.717, 1.165) is 12.2 Å². The number of imidazole rings is 1. The largest absolute Gasteiger partial charge is 0.393 e. The van der Waals surface area contributed by atoms with Crippen LogP contribution in [0.25, 0.3) is 0 Å². The topological polar surface area (TPSA) is 87.8 Å². The summed E-state index contributed by atoms with van der Waals surface area (Å²) in [5, 5.41) is 0. The molecule has 0 fully saturated rings. The van der Waals surface area contributed by atoms with Gasteiger partial charge >= 0.3 is 5.69 Å². The van der Waals surface area contributed by atoms with Gasteiger partial charge in [0.15, 0.2) is 0 Å². The molecular weight excluding hydrogens is 258 g/mol. The number of aromatic nitrogens is 4. The zero-order chi connectivity index (χ0) is 14.7. The fourth-order valence-electron chi connectivity index (χ4n) is 2.12. The summed E-state index contributed by atoms with van der Waals surface area (Å²) in [5.41, 5.74) is 5.03. The van der Waals surface area contributed by atoms with E-state index in [4.69, 9.17) is 5.73 Å². The van der Waals surface area contributed by atoms with Gasteiger partial charge in [-0.25, -0.2) is 9.78 Å². The molecule has 7 nitrogen and oxygen atoms in total. The first-order valence-corrected chi connectivity index (χ1v) is 6.60. The summed E-state index contributed by atoms with van der Waals surface area (Å²) in [6.45, 7) is 2.79. The van der Waals surface area contributed by atoms with Gasteiger partial charge in [0.1, 0.15) is 11.5 Å². The van der Waals surface area contributed by atoms with E-state index in [2.05, 4.69) is 4.98 Å². The lowest BCUT2D eigenvalue weighted by Crippen LogP contribution is -2.41. The summed E-state index contributed by atoms with van der Waals surface area (Å²) in [7, 11) is 1.87. The van der Waals surface area contributed by atoms with Crippen LogP contribution < -0.4 is 17.0 Å². The third-order valence-electron chi connectivity index (χ3n) is 3.21. The monoisotopic (exact) mass is 277 g/mol. The Labute approximate surface area is 116 Å². The standard InChI is InChI=1S/C13H19N5O2/c1-3-6-17-9-10(14)12(19)18(13(17)20)7-4-11-15-5-8-16(11)2/h5,8-9H,3-4,6-7,14H2,1-2H3. The van der Waals surface area contributed by atoms with Crippen LogP contribution in [0.15, 0.2) is 28.2 Å². The Kier molecular flexibility index (Phi) is 4.07. The lowest BCUT2D eigenvalue weighted by atomic mass is 10.3. The second kappa shape index (κ2) is 5.77. The minimum Gasteiger partial charge on any atom is -0.393 e. The molecule has 0 radical (unpaired) electrons. The molecule has 0 saturated carbocycles. The van der Waals surface area contributed by atoms with Gasteiger partial charge in [0, 0.05) is 45.1 Å². The number of rotatable bonds is 5. The molecule has 2 aromatic rings. The van der Waals surface area contributed by atoms with Crippen LogP contribution in [0.1, 0.15) is 19.2 Å². The molecule has 0 unspecified atom stereocenters. The number of nitrogens with two attached hydrogens (primary N) is 1. The van der Waals surface area contributed by atoms with Crippen molar-refractivity contribution in [3.63, 3.8) is 0 Å². The van der Waals surface area contributed by atoms with Crippen molar-refractivity contribution < 1.29 is 0 Å². The minimum absolute atomic E-state index is 0.0953. The van der Waals surface area contributed by atoms with Crippen LogP contribution in [0.4, 0.5) is 5.69 Å². The normalized spacial score (nSPS) is 10.9. The summed E-state index contributed by atoms with van der Waals surface area (Å²) in [5.74, 6) is 0.820. The highest BCUT2D eigenvalue weighted by Gasteiger charge is 2.10. The van der Waals surface area contributed by atoms with Crippen molar-refractivity contribution in [2.24, 2.45) is 7.05 Å². The van der Waals surface area contributed by atoms with E-state index in [-0.39, 0.29) is 17.9 Å². The first kappa shape index (κ1) is 14.1. The Morgan fingerprint density at radius 2 is 2.05 bits per heavy atom. The van der Waals surface area contributed by atoms with Crippen LogP contribution in [0.2, 0.25) is 0 Å². The molecule has 0 atom stereocenters. The lowest BCUT2D eigenvalue weighted by molar-refractivity contribution is 0.538. The predicted octanol–water partition coefficient (Wildman–Crippen LogP) is -0.0216. The van der Waals surface area contributed by atoms with Gasteiger partial charge in [0.05, 0.1) is 0 Å². The Morgan fingerprint density at radius 1 is 1.30 bits per heavy atom. The number of hydrogen-bond acceptors (Lipinski definition) is 4. The van der Waals surface area contributed by atoms with E-state index in [0.29, 0.717) is 13.0 Å². The molecule has 0 bridgehead atoms. The second-order valence-electron chi connectivity index (χ2n) is 4.72. The van der Waals surface area contributed by atoms with Gasteiger partial charge in [0.2, 0.25) is 0 Å². The van der Waals surface area contributed by atoms with Crippen molar-refractivity contribution >= 4 is 5.69 Å². The Morgan fingerprint density at radius 3 is 2.65 bits per heavy atom. The number of aryl methyl sites for hydroxylation is 3. The van der Waals surface area contributed by atoms with Gasteiger partial charge in [-0.2, -0.15) is 0 Å². The van der Waals surface area contributed by atoms with E-state index in [1.165, 1.54) is 15.3 Å². The fraction of sp³-hybridized carbons (Fsp3) is 0.462. The molecule has 7 heteroatoms. The molecule has 0 spiro atoms. The highest BCUT2D eigenvalue weighted by atomic mass is 16.2. The smallest absolute Gasteiger partial charge is 0.331 e. The molecule has 0 amide bonds. The van der Waals surface area contributed by atoms with Crippen LogP contribution in [-0.2, 0) is 26.6 Å². The van der Waals surface area contributed by atoms with Crippen molar-refractivity contribution in [3.8, 4) is 0 Å². The average molecular weight is 277 g/mol. The van der Waals surface area contributed by atoms with Gasteiger partial charge in [-0.05, 0) is 6.42 Å².